The van der Waals surface area contributed by atoms with Crippen LogP contribution in [0.2, 0.25) is 0 Å². The highest BCUT2D eigenvalue weighted by atomic mass is 15.1. The zero-order chi connectivity index (χ0) is 12.3. The minimum Gasteiger partial charge on any atom is -0.365 e. The quantitative estimate of drug-likeness (QED) is 0.553. The van der Waals surface area contributed by atoms with Gasteiger partial charge in [0.2, 0.25) is 0 Å². The molecule has 1 fully saturated rings. The molecule has 16 heavy (non-hydrogen) atoms. The Labute approximate surface area is 98.9 Å². The van der Waals surface area contributed by atoms with Crippen LogP contribution in [-0.4, -0.2) is 12.3 Å². The first-order valence-electron chi connectivity index (χ1n) is 5.69. The third-order valence-corrected chi connectivity index (χ3v) is 3.08. The molecule has 0 heterocycles. The van der Waals surface area contributed by atoms with Crippen molar-refractivity contribution in [1.29, 1.82) is 0 Å². The highest BCUT2D eigenvalue weighted by Gasteiger charge is 2.37. The fourth-order valence-corrected chi connectivity index (χ4v) is 1.71. The monoisotopic (exact) mass is 218 g/mol. The van der Waals surface area contributed by atoms with Crippen molar-refractivity contribution in [1.82, 2.24) is 5.32 Å². The molecule has 1 rings (SSSR count). The van der Waals surface area contributed by atoms with Crippen LogP contribution in [-0.2, 0) is 0 Å². The van der Waals surface area contributed by atoms with E-state index in [9.17, 15) is 0 Å². The second-order valence-corrected chi connectivity index (χ2v) is 4.94. The summed E-state index contributed by atoms with van der Waals surface area (Å²) >= 11 is 0. The number of allylic oxidation sites excluding steroid dienone is 4. The van der Waals surface area contributed by atoms with Crippen molar-refractivity contribution in [2.24, 2.45) is 4.99 Å². The van der Waals surface area contributed by atoms with E-state index in [0.717, 1.165) is 17.0 Å². The Morgan fingerprint density at radius 3 is 2.19 bits per heavy atom. The number of hydrogen-bond donors (Lipinski definition) is 1. The third kappa shape index (κ3) is 2.84. The summed E-state index contributed by atoms with van der Waals surface area (Å²) in [6.45, 7) is 15.9. The van der Waals surface area contributed by atoms with Crippen LogP contribution in [0.25, 0.3) is 0 Å². The normalized spacial score (nSPS) is 18.2. The van der Waals surface area contributed by atoms with Gasteiger partial charge in [-0.05, 0) is 58.4 Å². The molecule has 0 radical (unpaired) electrons. The highest BCUT2D eigenvalue weighted by Crippen LogP contribution is 2.36. The molecule has 1 N–H and O–H groups in total. The van der Waals surface area contributed by atoms with E-state index in [2.05, 4.69) is 51.3 Å². The smallest absolute Gasteiger partial charge is 0.129 e. The maximum Gasteiger partial charge on any atom is 0.129 e. The lowest BCUT2D eigenvalue weighted by Gasteiger charge is -2.17. The fraction of sp³-hybridized carbons (Fsp3) is 0.500. The lowest BCUT2D eigenvalue weighted by atomic mass is 10.0. The number of hydrogen-bond acceptors (Lipinski definition) is 2. The van der Waals surface area contributed by atoms with Crippen LogP contribution in [0.5, 0.6) is 0 Å². The van der Waals surface area contributed by atoms with E-state index in [-0.39, 0.29) is 5.54 Å². The molecule has 0 unspecified atom stereocenters. The summed E-state index contributed by atoms with van der Waals surface area (Å²) in [6.07, 6.45) is 4.29. The van der Waals surface area contributed by atoms with Gasteiger partial charge >= 0.3 is 0 Å². The number of rotatable bonds is 5. The van der Waals surface area contributed by atoms with E-state index in [1.165, 1.54) is 18.4 Å². The van der Waals surface area contributed by atoms with E-state index in [4.69, 9.17) is 0 Å². The molecular weight excluding hydrogens is 196 g/mol. The van der Waals surface area contributed by atoms with Gasteiger partial charge in [0.15, 0.2) is 0 Å². The fourth-order valence-electron chi connectivity index (χ4n) is 1.71. The largest absolute Gasteiger partial charge is 0.365 e. The maximum absolute atomic E-state index is 4.10. The molecule has 1 aliphatic carbocycles. The summed E-state index contributed by atoms with van der Waals surface area (Å²) in [4.78, 5) is 4.10. The highest BCUT2D eigenvalue weighted by molar-refractivity contribution is 5.45. The van der Waals surface area contributed by atoms with Crippen LogP contribution in [0.1, 0.15) is 40.5 Å². The van der Waals surface area contributed by atoms with Crippen LogP contribution in [0.4, 0.5) is 0 Å². The summed E-state index contributed by atoms with van der Waals surface area (Å²) in [5, 5.41) is 3.45. The molecule has 0 bridgehead atoms. The Morgan fingerprint density at radius 1 is 1.31 bits per heavy atom. The zero-order valence-corrected chi connectivity index (χ0v) is 10.9. The van der Waals surface area contributed by atoms with Gasteiger partial charge in [0.1, 0.15) is 5.82 Å². The Hall–Kier alpha value is -1.31. The molecule has 1 saturated carbocycles. The molecule has 2 heteroatoms. The minimum atomic E-state index is 0.228. The SMILES string of the molecule is C=CC(=C(C)C)/C(C)=C(/N=C)NC1(C)CC1. The second-order valence-electron chi connectivity index (χ2n) is 4.94. The van der Waals surface area contributed by atoms with Gasteiger partial charge < -0.3 is 5.32 Å². The van der Waals surface area contributed by atoms with Crippen LogP contribution in [0, 0.1) is 0 Å². The van der Waals surface area contributed by atoms with Gasteiger partial charge in [0.25, 0.3) is 0 Å². The van der Waals surface area contributed by atoms with E-state index >= 15 is 0 Å². The summed E-state index contributed by atoms with van der Waals surface area (Å²) in [5.41, 5.74) is 3.75. The van der Waals surface area contributed by atoms with Gasteiger partial charge in [-0.3, -0.25) is 0 Å². The van der Waals surface area contributed by atoms with E-state index in [1.807, 2.05) is 6.08 Å². The summed E-state index contributed by atoms with van der Waals surface area (Å²) < 4.78 is 0. The van der Waals surface area contributed by atoms with Gasteiger partial charge in [-0.25, -0.2) is 4.99 Å². The van der Waals surface area contributed by atoms with E-state index in [1.54, 1.807) is 0 Å². The minimum absolute atomic E-state index is 0.228. The van der Waals surface area contributed by atoms with Gasteiger partial charge in [0, 0.05) is 5.54 Å². The lowest BCUT2D eigenvalue weighted by Crippen LogP contribution is -2.27. The molecule has 0 aromatic carbocycles. The van der Waals surface area contributed by atoms with Crippen molar-refractivity contribution < 1.29 is 0 Å². The molecular formula is C14H22N2. The Bertz CT molecular complexity index is 364. The molecule has 0 aromatic heterocycles. The first-order valence-corrected chi connectivity index (χ1v) is 5.69. The van der Waals surface area contributed by atoms with Crippen molar-refractivity contribution in [3.63, 3.8) is 0 Å². The third-order valence-electron chi connectivity index (χ3n) is 3.08. The van der Waals surface area contributed by atoms with E-state index in [0.29, 0.717) is 0 Å². The summed E-state index contributed by atoms with van der Waals surface area (Å²) in [7, 11) is 0. The average Bonchev–Trinajstić information content (AvgIpc) is 2.93. The molecule has 88 valence electrons. The molecule has 0 atom stereocenters. The molecule has 0 aliphatic heterocycles. The summed E-state index contributed by atoms with van der Waals surface area (Å²) in [5.74, 6) is 0.885. The molecule has 0 spiro atoms. The van der Waals surface area contributed by atoms with E-state index < -0.39 is 0 Å². The second kappa shape index (κ2) is 4.69. The van der Waals surface area contributed by atoms with Crippen molar-refractivity contribution in [2.45, 2.75) is 46.1 Å². The van der Waals surface area contributed by atoms with Crippen LogP contribution >= 0.6 is 0 Å². The first kappa shape index (κ1) is 12.8. The lowest BCUT2D eigenvalue weighted by molar-refractivity contribution is 0.601. The number of nitrogens with zero attached hydrogens (tertiary/aromatic N) is 1. The molecule has 0 amide bonds. The molecule has 1 aliphatic rings. The molecule has 2 nitrogen and oxygen atoms in total. The van der Waals surface area contributed by atoms with Crippen molar-refractivity contribution in [3.8, 4) is 0 Å². The topological polar surface area (TPSA) is 24.4 Å². The number of aliphatic imine (C=N–C) groups is 1. The van der Waals surface area contributed by atoms with Crippen LogP contribution in [0.3, 0.4) is 0 Å². The Balaban J connectivity index is 3.02. The number of nitrogens with one attached hydrogen (secondary N) is 1. The van der Waals surface area contributed by atoms with Gasteiger partial charge in [-0.15, -0.1) is 0 Å². The van der Waals surface area contributed by atoms with Crippen LogP contribution < -0.4 is 5.32 Å². The van der Waals surface area contributed by atoms with Crippen LogP contribution in [0.15, 0.2) is 40.2 Å². The Kier molecular flexibility index (Phi) is 3.74. The predicted molar refractivity (Wildman–Crippen MR) is 71.6 cm³/mol. The maximum atomic E-state index is 4.10. The predicted octanol–water partition coefficient (Wildman–Crippen LogP) is 3.58. The molecule has 0 saturated heterocycles. The average molecular weight is 218 g/mol. The van der Waals surface area contributed by atoms with Gasteiger partial charge in [-0.2, -0.15) is 0 Å². The molecule has 0 aromatic rings. The standard InChI is InChI=1S/C14H22N2/c1-7-12(10(2)3)11(4)13(15-6)16-14(5)8-9-14/h7,16H,1,6,8-9H2,2-5H3/b13-11-. The van der Waals surface area contributed by atoms with Crippen molar-refractivity contribution in [2.75, 3.05) is 0 Å². The van der Waals surface area contributed by atoms with Gasteiger partial charge in [0.05, 0.1) is 0 Å². The Morgan fingerprint density at radius 2 is 1.88 bits per heavy atom. The van der Waals surface area contributed by atoms with Crippen molar-refractivity contribution >= 4 is 6.72 Å². The first-order chi connectivity index (χ1) is 7.43. The van der Waals surface area contributed by atoms with Gasteiger partial charge in [-0.1, -0.05) is 18.2 Å². The van der Waals surface area contributed by atoms with Crippen molar-refractivity contribution in [3.05, 3.63) is 35.2 Å². The summed E-state index contributed by atoms with van der Waals surface area (Å²) in [6, 6.07) is 0. The zero-order valence-electron chi connectivity index (χ0n) is 10.9.